The molecular weight excluding hydrogens is 254 g/mol. The molecule has 2 atom stereocenters. The van der Waals surface area contributed by atoms with E-state index < -0.39 is 17.6 Å². The van der Waals surface area contributed by atoms with Gasteiger partial charge in [-0.1, -0.05) is 0 Å². The molecule has 0 radical (unpaired) electrons. The van der Waals surface area contributed by atoms with Crippen LogP contribution < -0.4 is 11.1 Å². The number of hydrogen-bond donors (Lipinski definition) is 3. The smallest absolute Gasteiger partial charge is 0.321 e. The van der Waals surface area contributed by atoms with E-state index in [4.69, 9.17) is 16.1 Å². The molecule has 6 nitrogen and oxygen atoms in total. The van der Waals surface area contributed by atoms with Crippen molar-refractivity contribution in [3.05, 3.63) is 0 Å². The minimum absolute atomic E-state index is 0.116. The molecule has 0 aromatic rings. The van der Waals surface area contributed by atoms with Crippen LogP contribution in [0, 0.1) is 17.2 Å². The van der Waals surface area contributed by atoms with E-state index >= 15 is 0 Å². The van der Waals surface area contributed by atoms with Crippen LogP contribution >= 0.6 is 11.8 Å². The number of hydrogen-bond acceptors (Lipinski definition) is 5. The fourth-order valence-electron chi connectivity index (χ4n) is 1.56. The molecule has 0 bridgehead atoms. The van der Waals surface area contributed by atoms with Gasteiger partial charge in [-0.2, -0.15) is 5.26 Å². The number of carboxylic acid groups (broad SMARTS) is 1. The molecule has 1 aliphatic carbocycles. The Labute approximate surface area is 110 Å². The minimum Gasteiger partial charge on any atom is -0.480 e. The highest BCUT2D eigenvalue weighted by Gasteiger charge is 2.42. The van der Waals surface area contributed by atoms with Crippen molar-refractivity contribution in [1.82, 2.24) is 5.32 Å². The van der Waals surface area contributed by atoms with Gasteiger partial charge >= 0.3 is 5.97 Å². The standard InChI is InChI=1S/C11H17N3O3S/c1-11(6-12,7-2-3-7)14-9(15)5-18-4-8(13)10(16)17/h7-8H,2-5,13H2,1H3,(H,14,15)(H,16,17). The first kappa shape index (κ1) is 14.8. The van der Waals surface area contributed by atoms with Gasteiger partial charge in [0, 0.05) is 5.75 Å². The molecule has 0 aromatic heterocycles. The van der Waals surface area contributed by atoms with Crippen molar-refractivity contribution in [2.75, 3.05) is 11.5 Å². The molecule has 2 unspecified atom stereocenters. The predicted octanol–water partition coefficient (Wildman–Crippen LogP) is -0.0600. The van der Waals surface area contributed by atoms with Crippen LogP contribution in [0.2, 0.25) is 0 Å². The summed E-state index contributed by atoms with van der Waals surface area (Å²) in [6.07, 6.45) is 1.92. The van der Waals surface area contributed by atoms with Gasteiger partial charge < -0.3 is 16.2 Å². The van der Waals surface area contributed by atoms with E-state index in [1.165, 1.54) is 0 Å². The van der Waals surface area contributed by atoms with Gasteiger partial charge in [-0.15, -0.1) is 11.8 Å². The molecule has 0 heterocycles. The summed E-state index contributed by atoms with van der Waals surface area (Å²) in [5.74, 6) is -0.811. The van der Waals surface area contributed by atoms with Crippen molar-refractivity contribution < 1.29 is 14.7 Å². The molecule has 0 saturated heterocycles. The lowest BCUT2D eigenvalue weighted by Gasteiger charge is -2.22. The van der Waals surface area contributed by atoms with Crippen molar-refractivity contribution in [2.24, 2.45) is 11.7 Å². The number of carbonyl (C=O) groups excluding carboxylic acids is 1. The van der Waals surface area contributed by atoms with E-state index in [9.17, 15) is 9.59 Å². The lowest BCUT2D eigenvalue weighted by molar-refractivity contribution is -0.138. The second-order valence-electron chi connectivity index (χ2n) is 4.60. The predicted molar refractivity (Wildman–Crippen MR) is 67.8 cm³/mol. The Balaban J connectivity index is 2.29. The Bertz CT molecular complexity index is 378. The number of nitriles is 1. The van der Waals surface area contributed by atoms with E-state index in [2.05, 4.69) is 11.4 Å². The summed E-state index contributed by atoms with van der Waals surface area (Å²) in [5.41, 5.74) is 4.51. The summed E-state index contributed by atoms with van der Waals surface area (Å²) >= 11 is 1.15. The monoisotopic (exact) mass is 271 g/mol. The summed E-state index contributed by atoms with van der Waals surface area (Å²) in [5, 5.41) is 20.3. The van der Waals surface area contributed by atoms with Crippen LogP contribution in [0.25, 0.3) is 0 Å². The molecule has 0 spiro atoms. The number of rotatable bonds is 7. The molecule has 100 valence electrons. The average Bonchev–Trinajstić information content (AvgIpc) is 3.12. The van der Waals surface area contributed by atoms with Crippen molar-refractivity contribution in [3.63, 3.8) is 0 Å². The third-order valence-corrected chi connectivity index (χ3v) is 3.93. The molecular formula is C11H17N3O3S. The molecule has 4 N–H and O–H groups in total. The van der Waals surface area contributed by atoms with Crippen LogP contribution in [-0.4, -0.2) is 40.1 Å². The molecule has 1 amide bonds. The van der Waals surface area contributed by atoms with Crippen molar-refractivity contribution in [3.8, 4) is 6.07 Å². The second kappa shape index (κ2) is 6.07. The first-order chi connectivity index (χ1) is 8.39. The van der Waals surface area contributed by atoms with Gasteiger partial charge in [-0.05, 0) is 25.7 Å². The third kappa shape index (κ3) is 4.20. The summed E-state index contributed by atoms with van der Waals surface area (Å²) in [7, 11) is 0. The number of nitrogens with two attached hydrogens (primary N) is 1. The number of amides is 1. The summed E-state index contributed by atoms with van der Waals surface area (Å²) < 4.78 is 0. The number of nitrogens with one attached hydrogen (secondary N) is 1. The van der Waals surface area contributed by atoms with Gasteiger partial charge in [0.15, 0.2) is 0 Å². The first-order valence-corrected chi connectivity index (χ1v) is 6.83. The molecule has 7 heteroatoms. The van der Waals surface area contributed by atoms with Gasteiger partial charge in [-0.25, -0.2) is 0 Å². The quantitative estimate of drug-likeness (QED) is 0.597. The van der Waals surface area contributed by atoms with Crippen LogP contribution in [0.4, 0.5) is 0 Å². The van der Waals surface area contributed by atoms with Crippen LogP contribution in [0.15, 0.2) is 0 Å². The Hall–Kier alpha value is -1.26. The molecule has 1 saturated carbocycles. The first-order valence-electron chi connectivity index (χ1n) is 5.67. The summed E-state index contributed by atoms with van der Waals surface area (Å²) in [4.78, 5) is 22.1. The number of nitrogens with zero attached hydrogens (tertiary/aromatic N) is 1. The normalized spacial score (nSPS) is 19.4. The van der Waals surface area contributed by atoms with Crippen molar-refractivity contribution in [1.29, 1.82) is 5.26 Å². The maximum atomic E-state index is 11.6. The topological polar surface area (TPSA) is 116 Å². The van der Waals surface area contributed by atoms with Crippen LogP contribution in [-0.2, 0) is 9.59 Å². The Morgan fingerprint density at radius 1 is 1.67 bits per heavy atom. The Morgan fingerprint density at radius 2 is 2.28 bits per heavy atom. The average molecular weight is 271 g/mol. The highest BCUT2D eigenvalue weighted by Crippen LogP contribution is 2.39. The number of thioether (sulfide) groups is 1. The van der Waals surface area contributed by atoms with Gasteiger partial charge in [0.05, 0.1) is 11.8 Å². The van der Waals surface area contributed by atoms with Crippen molar-refractivity contribution in [2.45, 2.75) is 31.3 Å². The molecule has 18 heavy (non-hydrogen) atoms. The highest BCUT2D eigenvalue weighted by atomic mass is 32.2. The number of carboxylic acids is 1. The molecule has 1 aliphatic rings. The molecule has 1 rings (SSSR count). The second-order valence-corrected chi connectivity index (χ2v) is 5.63. The van der Waals surface area contributed by atoms with E-state index in [1.807, 2.05) is 0 Å². The highest BCUT2D eigenvalue weighted by molar-refractivity contribution is 8.00. The van der Waals surface area contributed by atoms with Gasteiger partial charge in [-0.3, -0.25) is 9.59 Å². The third-order valence-electron chi connectivity index (χ3n) is 2.87. The number of aliphatic carboxylic acids is 1. The molecule has 1 fully saturated rings. The SMILES string of the molecule is CC(C#N)(NC(=O)CSCC(N)C(=O)O)C1CC1. The fourth-order valence-corrected chi connectivity index (χ4v) is 2.33. The Morgan fingerprint density at radius 3 is 2.72 bits per heavy atom. The zero-order valence-electron chi connectivity index (χ0n) is 10.2. The minimum atomic E-state index is -1.08. The Kier molecular flexibility index (Phi) is 4.99. The summed E-state index contributed by atoms with van der Waals surface area (Å²) in [6.45, 7) is 1.72. The summed E-state index contributed by atoms with van der Waals surface area (Å²) in [6, 6.07) is 1.16. The van der Waals surface area contributed by atoms with Crippen LogP contribution in [0.5, 0.6) is 0 Å². The van der Waals surface area contributed by atoms with E-state index in [0.717, 1.165) is 24.6 Å². The van der Waals surface area contributed by atoms with Gasteiger partial charge in [0.1, 0.15) is 11.6 Å². The van der Waals surface area contributed by atoms with Crippen molar-refractivity contribution >= 4 is 23.6 Å². The lowest BCUT2D eigenvalue weighted by Crippen LogP contribution is -2.47. The molecule has 0 aliphatic heterocycles. The fraction of sp³-hybridized carbons (Fsp3) is 0.727. The number of carbonyl (C=O) groups is 2. The largest absolute Gasteiger partial charge is 0.480 e. The van der Waals surface area contributed by atoms with E-state index in [0.29, 0.717) is 0 Å². The maximum Gasteiger partial charge on any atom is 0.321 e. The van der Waals surface area contributed by atoms with Gasteiger partial charge in [0.25, 0.3) is 0 Å². The van der Waals surface area contributed by atoms with Crippen LogP contribution in [0.1, 0.15) is 19.8 Å². The molecule has 0 aromatic carbocycles. The maximum absolute atomic E-state index is 11.6. The van der Waals surface area contributed by atoms with Gasteiger partial charge in [0.2, 0.25) is 5.91 Å². The zero-order chi connectivity index (χ0) is 13.8. The zero-order valence-corrected chi connectivity index (χ0v) is 11.0. The van der Waals surface area contributed by atoms with E-state index in [-0.39, 0.29) is 23.3 Å². The lowest BCUT2D eigenvalue weighted by atomic mass is 9.98. The van der Waals surface area contributed by atoms with Crippen LogP contribution in [0.3, 0.4) is 0 Å². The van der Waals surface area contributed by atoms with E-state index in [1.54, 1.807) is 6.92 Å².